The molecule has 0 spiro atoms. The topological polar surface area (TPSA) is 23.8 Å². The lowest BCUT2D eigenvalue weighted by Gasteiger charge is -2.24. The van der Waals surface area contributed by atoms with Gasteiger partial charge in [0, 0.05) is 6.42 Å². The van der Waals surface area contributed by atoms with Gasteiger partial charge in [-0.25, -0.2) is 0 Å². The Hall–Kier alpha value is -0.580. The molecule has 1 fully saturated rings. The minimum atomic E-state index is -0.167. The predicted octanol–water partition coefficient (Wildman–Crippen LogP) is 2.68. The second-order valence-corrected chi connectivity index (χ2v) is 3.40. The fourth-order valence-corrected chi connectivity index (χ4v) is 1.72. The van der Waals surface area contributed by atoms with Gasteiger partial charge in [-0.05, 0) is 37.5 Å². The quantitative estimate of drug-likeness (QED) is 0.601. The highest BCUT2D eigenvalue weighted by Gasteiger charge is 2.20. The van der Waals surface area contributed by atoms with Gasteiger partial charge in [0.05, 0.1) is 12.7 Å². The summed E-state index contributed by atoms with van der Waals surface area (Å²) in [6.45, 7) is -0.167. The van der Waals surface area contributed by atoms with Gasteiger partial charge in [-0.3, -0.25) is 4.39 Å². The summed E-state index contributed by atoms with van der Waals surface area (Å²) in [6.07, 6.45) is 4.76. The molecule has 0 unspecified atom stereocenters. The van der Waals surface area contributed by atoms with Crippen LogP contribution in [0.4, 0.5) is 4.39 Å². The molecule has 0 atom stereocenters. The van der Waals surface area contributed by atoms with E-state index in [9.17, 15) is 4.39 Å². The average molecular weight is 155 g/mol. The van der Waals surface area contributed by atoms with Crippen LogP contribution in [-0.4, -0.2) is 6.67 Å². The van der Waals surface area contributed by atoms with E-state index < -0.39 is 0 Å². The van der Waals surface area contributed by atoms with Crippen molar-refractivity contribution < 1.29 is 4.39 Å². The minimum Gasteiger partial charge on any atom is -0.251 e. The monoisotopic (exact) mass is 155 g/mol. The van der Waals surface area contributed by atoms with Gasteiger partial charge < -0.3 is 0 Å². The fourth-order valence-electron chi connectivity index (χ4n) is 1.72. The van der Waals surface area contributed by atoms with Gasteiger partial charge in [0.2, 0.25) is 0 Å². The molecule has 0 amide bonds. The Morgan fingerprint density at radius 3 is 2.18 bits per heavy atom. The maximum atomic E-state index is 12.1. The van der Waals surface area contributed by atoms with Crippen molar-refractivity contribution in [3.05, 3.63) is 0 Å². The molecule has 0 aromatic rings. The standard InChI is InChI=1S/C9H14FN/c10-7-9-3-1-8(2-4-9)5-6-11/h8-9H,1-5,7H2. The number of hydrogen-bond donors (Lipinski definition) is 0. The molecule has 0 bridgehead atoms. The van der Waals surface area contributed by atoms with Crippen molar-refractivity contribution in [2.45, 2.75) is 32.1 Å². The van der Waals surface area contributed by atoms with Crippen LogP contribution in [0.25, 0.3) is 0 Å². The summed E-state index contributed by atoms with van der Waals surface area (Å²) in [4.78, 5) is 0. The fraction of sp³-hybridized carbons (Fsp3) is 0.889. The van der Waals surface area contributed by atoms with Gasteiger partial charge in [0.1, 0.15) is 0 Å². The zero-order valence-electron chi connectivity index (χ0n) is 6.72. The molecule has 0 saturated heterocycles. The molecule has 1 aliphatic carbocycles. The Bertz CT molecular complexity index is 142. The van der Waals surface area contributed by atoms with Crippen molar-refractivity contribution in [3.63, 3.8) is 0 Å². The number of nitrogens with zero attached hydrogens (tertiary/aromatic N) is 1. The first-order valence-electron chi connectivity index (χ1n) is 4.29. The number of alkyl halides is 1. The van der Waals surface area contributed by atoms with Gasteiger partial charge in [0.25, 0.3) is 0 Å². The Balaban J connectivity index is 2.20. The summed E-state index contributed by atoms with van der Waals surface area (Å²) in [5.41, 5.74) is 0. The lowest BCUT2D eigenvalue weighted by molar-refractivity contribution is 0.233. The summed E-state index contributed by atoms with van der Waals surface area (Å²) < 4.78 is 12.1. The molecular weight excluding hydrogens is 141 g/mol. The SMILES string of the molecule is N#CCC1CCC(CF)CC1. The third-order valence-corrected chi connectivity index (χ3v) is 2.56. The van der Waals surface area contributed by atoms with Crippen LogP contribution >= 0.6 is 0 Å². The van der Waals surface area contributed by atoms with E-state index in [1.807, 2.05) is 0 Å². The molecule has 11 heavy (non-hydrogen) atoms. The second kappa shape index (κ2) is 4.33. The van der Waals surface area contributed by atoms with E-state index in [1.54, 1.807) is 0 Å². The van der Waals surface area contributed by atoms with E-state index >= 15 is 0 Å². The van der Waals surface area contributed by atoms with Crippen molar-refractivity contribution in [2.24, 2.45) is 11.8 Å². The van der Waals surface area contributed by atoms with E-state index in [4.69, 9.17) is 5.26 Å². The van der Waals surface area contributed by atoms with Crippen LogP contribution < -0.4 is 0 Å². The molecule has 0 aliphatic heterocycles. The summed E-state index contributed by atoms with van der Waals surface area (Å²) >= 11 is 0. The van der Waals surface area contributed by atoms with E-state index in [0.717, 1.165) is 25.7 Å². The van der Waals surface area contributed by atoms with Crippen LogP contribution in [0.15, 0.2) is 0 Å². The van der Waals surface area contributed by atoms with Crippen molar-refractivity contribution in [1.29, 1.82) is 5.26 Å². The van der Waals surface area contributed by atoms with Crippen molar-refractivity contribution in [1.82, 2.24) is 0 Å². The normalized spacial score (nSPS) is 31.3. The first-order chi connectivity index (χ1) is 5.36. The smallest absolute Gasteiger partial charge is 0.0922 e. The number of halogens is 1. The Morgan fingerprint density at radius 1 is 1.18 bits per heavy atom. The lowest BCUT2D eigenvalue weighted by atomic mass is 9.81. The highest BCUT2D eigenvalue weighted by atomic mass is 19.1. The molecule has 0 N–H and O–H groups in total. The van der Waals surface area contributed by atoms with Gasteiger partial charge >= 0.3 is 0 Å². The number of rotatable bonds is 2. The molecule has 1 nitrogen and oxygen atoms in total. The van der Waals surface area contributed by atoms with Crippen LogP contribution in [0.1, 0.15) is 32.1 Å². The van der Waals surface area contributed by atoms with Crippen molar-refractivity contribution in [2.75, 3.05) is 6.67 Å². The van der Waals surface area contributed by atoms with Gasteiger partial charge in [-0.1, -0.05) is 0 Å². The summed E-state index contributed by atoms with van der Waals surface area (Å²) in [5.74, 6) is 0.854. The van der Waals surface area contributed by atoms with E-state index in [0.29, 0.717) is 18.3 Å². The molecular formula is C9H14FN. The van der Waals surface area contributed by atoms with Crippen LogP contribution in [0.5, 0.6) is 0 Å². The maximum absolute atomic E-state index is 12.1. The number of nitriles is 1. The third kappa shape index (κ3) is 2.49. The van der Waals surface area contributed by atoms with Crippen LogP contribution in [0, 0.1) is 23.2 Å². The van der Waals surface area contributed by atoms with Crippen LogP contribution in [0.2, 0.25) is 0 Å². The molecule has 2 heteroatoms. The molecule has 1 rings (SSSR count). The lowest BCUT2D eigenvalue weighted by Crippen LogP contribution is -2.15. The third-order valence-electron chi connectivity index (χ3n) is 2.56. The van der Waals surface area contributed by atoms with E-state index in [2.05, 4.69) is 6.07 Å². The molecule has 62 valence electrons. The van der Waals surface area contributed by atoms with Crippen molar-refractivity contribution in [3.8, 4) is 6.07 Å². The predicted molar refractivity (Wildman–Crippen MR) is 41.7 cm³/mol. The Kier molecular flexibility index (Phi) is 3.35. The summed E-state index contributed by atoms with van der Waals surface area (Å²) in [5, 5.41) is 8.42. The van der Waals surface area contributed by atoms with E-state index in [-0.39, 0.29) is 6.67 Å². The zero-order valence-corrected chi connectivity index (χ0v) is 6.72. The van der Waals surface area contributed by atoms with Gasteiger partial charge in [-0.15, -0.1) is 0 Å². The minimum absolute atomic E-state index is 0.167. The van der Waals surface area contributed by atoms with E-state index in [1.165, 1.54) is 0 Å². The molecule has 0 radical (unpaired) electrons. The second-order valence-electron chi connectivity index (χ2n) is 3.40. The molecule has 0 aromatic heterocycles. The highest BCUT2D eigenvalue weighted by molar-refractivity contribution is 4.80. The number of hydrogen-bond acceptors (Lipinski definition) is 1. The Morgan fingerprint density at radius 2 is 1.73 bits per heavy atom. The molecule has 1 saturated carbocycles. The van der Waals surface area contributed by atoms with Crippen LogP contribution in [-0.2, 0) is 0 Å². The van der Waals surface area contributed by atoms with Crippen molar-refractivity contribution >= 4 is 0 Å². The molecule has 1 aliphatic rings. The summed E-state index contributed by atoms with van der Waals surface area (Å²) in [6, 6.07) is 2.18. The maximum Gasteiger partial charge on any atom is 0.0922 e. The average Bonchev–Trinajstić information content (AvgIpc) is 2.07. The summed E-state index contributed by atoms with van der Waals surface area (Å²) in [7, 11) is 0. The van der Waals surface area contributed by atoms with Crippen LogP contribution in [0.3, 0.4) is 0 Å². The van der Waals surface area contributed by atoms with Gasteiger partial charge in [-0.2, -0.15) is 5.26 Å². The Labute approximate surface area is 67.2 Å². The van der Waals surface area contributed by atoms with Gasteiger partial charge in [0.15, 0.2) is 0 Å². The first kappa shape index (κ1) is 8.52. The largest absolute Gasteiger partial charge is 0.251 e. The zero-order chi connectivity index (χ0) is 8.10. The molecule has 0 aromatic carbocycles. The first-order valence-corrected chi connectivity index (χ1v) is 4.29. The highest BCUT2D eigenvalue weighted by Crippen LogP contribution is 2.30. The molecule has 0 heterocycles.